The molecule has 0 unspecified atom stereocenters. The standard InChI is InChI=1S/C32H38FNO2/c1-22-6-10-25(11-7-22)29-5-2-4-27-19-28(32(35)36)14-15-30(27)31(29)26-12-8-23(9-13-26)18-24-20-34(21-24)17-3-16-33/h8-9,12-15,18-19,22,25H,2-7,10-11,16-17,20-21H2,1H3,(H,35,36)/t22-,25-. The molecule has 3 aliphatic rings. The van der Waals surface area contributed by atoms with E-state index < -0.39 is 5.97 Å². The van der Waals surface area contributed by atoms with Crippen molar-refractivity contribution < 1.29 is 14.3 Å². The third-order valence-electron chi connectivity index (χ3n) is 8.38. The second kappa shape index (κ2) is 11.1. The van der Waals surface area contributed by atoms with E-state index in [1.54, 1.807) is 11.6 Å². The molecule has 0 aromatic heterocycles. The highest BCUT2D eigenvalue weighted by molar-refractivity contribution is 5.90. The molecule has 0 spiro atoms. The smallest absolute Gasteiger partial charge is 0.335 e. The lowest BCUT2D eigenvalue weighted by Crippen LogP contribution is -2.40. The molecule has 0 bridgehead atoms. The Bertz CT molecular complexity index is 1150. The van der Waals surface area contributed by atoms with Crippen molar-refractivity contribution in [3.8, 4) is 0 Å². The van der Waals surface area contributed by atoms with E-state index in [0.717, 1.165) is 50.4 Å². The average Bonchev–Trinajstić information content (AvgIpc) is 3.05. The van der Waals surface area contributed by atoms with Crippen molar-refractivity contribution in [2.24, 2.45) is 11.8 Å². The maximum atomic E-state index is 12.4. The number of rotatable bonds is 7. The predicted molar refractivity (Wildman–Crippen MR) is 145 cm³/mol. The van der Waals surface area contributed by atoms with Crippen LogP contribution < -0.4 is 0 Å². The zero-order valence-electron chi connectivity index (χ0n) is 21.4. The SMILES string of the molecule is C[C@H]1CC[C@H](C2=C(c3ccc(C=C4CN(CCCF)C4)cc3)c3ccc(C(=O)O)cc3CCC2)CC1. The van der Waals surface area contributed by atoms with Crippen LogP contribution in [0, 0.1) is 11.8 Å². The number of hydrogen-bond acceptors (Lipinski definition) is 2. The van der Waals surface area contributed by atoms with Gasteiger partial charge in [0.1, 0.15) is 0 Å². The van der Waals surface area contributed by atoms with E-state index in [1.807, 2.05) is 6.07 Å². The molecular weight excluding hydrogens is 449 g/mol. The first-order valence-corrected chi connectivity index (χ1v) is 13.7. The molecule has 190 valence electrons. The van der Waals surface area contributed by atoms with Crippen molar-refractivity contribution in [3.63, 3.8) is 0 Å². The molecule has 2 fully saturated rings. The summed E-state index contributed by atoms with van der Waals surface area (Å²) in [4.78, 5) is 13.9. The first-order chi connectivity index (χ1) is 17.5. The molecule has 1 saturated heterocycles. The summed E-state index contributed by atoms with van der Waals surface area (Å²) in [6, 6.07) is 14.7. The molecular formula is C32H38FNO2. The van der Waals surface area contributed by atoms with Gasteiger partial charge in [0.15, 0.2) is 0 Å². The first-order valence-electron chi connectivity index (χ1n) is 13.7. The molecule has 5 rings (SSSR count). The maximum Gasteiger partial charge on any atom is 0.335 e. The van der Waals surface area contributed by atoms with Crippen LogP contribution in [-0.4, -0.2) is 42.3 Å². The number of carbonyl (C=O) groups is 1. The van der Waals surface area contributed by atoms with Gasteiger partial charge in [0.25, 0.3) is 0 Å². The van der Waals surface area contributed by atoms with E-state index in [0.29, 0.717) is 17.9 Å². The normalized spacial score (nSPS) is 22.6. The van der Waals surface area contributed by atoms with E-state index in [4.69, 9.17) is 0 Å². The second-order valence-electron chi connectivity index (χ2n) is 11.1. The van der Waals surface area contributed by atoms with Crippen LogP contribution in [0.4, 0.5) is 4.39 Å². The van der Waals surface area contributed by atoms with Crippen LogP contribution >= 0.6 is 0 Å². The summed E-state index contributed by atoms with van der Waals surface area (Å²) in [5, 5.41) is 9.57. The summed E-state index contributed by atoms with van der Waals surface area (Å²) < 4.78 is 12.4. The molecule has 0 atom stereocenters. The summed E-state index contributed by atoms with van der Waals surface area (Å²) >= 11 is 0. The zero-order chi connectivity index (χ0) is 25.1. The lowest BCUT2D eigenvalue weighted by atomic mass is 9.75. The van der Waals surface area contributed by atoms with E-state index in [1.165, 1.54) is 53.5 Å². The number of nitrogens with zero attached hydrogens (tertiary/aromatic N) is 1. The fraction of sp³-hybridized carbons (Fsp3) is 0.469. The minimum atomic E-state index is -0.856. The van der Waals surface area contributed by atoms with E-state index >= 15 is 0 Å². The number of benzene rings is 2. The largest absolute Gasteiger partial charge is 0.478 e. The Morgan fingerprint density at radius 2 is 1.81 bits per heavy atom. The highest BCUT2D eigenvalue weighted by Gasteiger charge is 2.28. The van der Waals surface area contributed by atoms with Crippen LogP contribution in [0.3, 0.4) is 0 Å². The number of carboxylic acid groups (broad SMARTS) is 1. The summed E-state index contributed by atoms with van der Waals surface area (Å²) in [6.45, 7) is 4.85. The lowest BCUT2D eigenvalue weighted by Gasteiger charge is -2.33. The molecule has 2 aliphatic carbocycles. The van der Waals surface area contributed by atoms with Crippen molar-refractivity contribution in [3.05, 3.63) is 81.4 Å². The molecule has 2 aromatic rings. The van der Waals surface area contributed by atoms with Gasteiger partial charge in [0, 0.05) is 19.6 Å². The minimum absolute atomic E-state index is 0.241. The zero-order valence-corrected chi connectivity index (χ0v) is 21.4. The molecule has 4 heteroatoms. The van der Waals surface area contributed by atoms with Gasteiger partial charge in [-0.25, -0.2) is 4.79 Å². The quantitative estimate of drug-likeness (QED) is 0.442. The fourth-order valence-corrected chi connectivity index (χ4v) is 6.35. The van der Waals surface area contributed by atoms with E-state index in [2.05, 4.69) is 48.2 Å². The Balaban J connectivity index is 1.47. The highest BCUT2D eigenvalue weighted by Crippen LogP contribution is 2.43. The van der Waals surface area contributed by atoms with Gasteiger partial charge in [-0.2, -0.15) is 0 Å². The molecule has 0 radical (unpaired) electrons. The summed E-state index contributed by atoms with van der Waals surface area (Å²) in [7, 11) is 0. The second-order valence-corrected chi connectivity index (χ2v) is 11.1. The molecule has 1 heterocycles. The van der Waals surface area contributed by atoms with E-state index in [9.17, 15) is 14.3 Å². The van der Waals surface area contributed by atoms with Gasteiger partial charge in [0.2, 0.25) is 0 Å². The third kappa shape index (κ3) is 5.49. The van der Waals surface area contributed by atoms with Crippen LogP contribution in [0.15, 0.2) is 53.6 Å². The van der Waals surface area contributed by atoms with Crippen LogP contribution in [0.1, 0.15) is 84.5 Å². The molecule has 36 heavy (non-hydrogen) atoms. The summed E-state index contributed by atoms with van der Waals surface area (Å²) in [6.07, 6.45) is 11.1. The Morgan fingerprint density at radius 1 is 1.06 bits per heavy atom. The first kappa shape index (κ1) is 25.0. The van der Waals surface area contributed by atoms with Gasteiger partial charge in [-0.15, -0.1) is 0 Å². The molecule has 3 nitrogen and oxygen atoms in total. The fourth-order valence-electron chi connectivity index (χ4n) is 6.35. The third-order valence-corrected chi connectivity index (χ3v) is 8.38. The summed E-state index contributed by atoms with van der Waals surface area (Å²) in [5.41, 5.74) is 9.55. The number of alkyl halides is 1. The molecule has 1 aliphatic heterocycles. The predicted octanol–water partition coefficient (Wildman–Crippen LogP) is 7.41. The van der Waals surface area contributed by atoms with Crippen LogP contribution in [-0.2, 0) is 6.42 Å². The monoisotopic (exact) mass is 487 g/mol. The summed E-state index contributed by atoms with van der Waals surface area (Å²) in [5.74, 6) is 0.576. The van der Waals surface area contributed by atoms with Crippen molar-refractivity contribution in [2.75, 3.05) is 26.3 Å². The number of fused-ring (bicyclic) bond motifs is 1. The van der Waals surface area contributed by atoms with Crippen LogP contribution in [0.2, 0.25) is 0 Å². The number of allylic oxidation sites excluding steroid dienone is 1. The average molecular weight is 488 g/mol. The number of aryl methyl sites for hydroxylation is 1. The topological polar surface area (TPSA) is 40.5 Å². The van der Waals surface area contributed by atoms with Gasteiger partial charge in [-0.3, -0.25) is 9.29 Å². The van der Waals surface area contributed by atoms with Gasteiger partial charge >= 0.3 is 5.97 Å². The van der Waals surface area contributed by atoms with Crippen LogP contribution in [0.5, 0.6) is 0 Å². The molecule has 0 amide bonds. The molecule has 1 N–H and O–H groups in total. The van der Waals surface area contributed by atoms with Gasteiger partial charge in [-0.05, 0) is 95.9 Å². The molecule has 2 aromatic carbocycles. The Morgan fingerprint density at radius 3 is 2.50 bits per heavy atom. The minimum Gasteiger partial charge on any atom is -0.478 e. The number of aromatic carboxylic acids is 1. The van der Waals surface area contributed by atoms with Gasteiger partial charge in [-0.1, -0.05) is 61.7 Å². The van der Waals surface area contributed by atoms with Gasteiger partial charge in [0.05, 0.1) is 12.2 Å². The van der Waals surface area contributed by atoms with Crippen LogP contribution in [0.25, 0.3) is 11.6 Å². The molecule has 1 saturated carbocycles. The number of hydrogen-bond donors (Lipinski definition) is 1. The number of carboxylic acids is 1. The van der Waals surface area contributed by atoms with Crippen molar-refractivity contribution in [1.82, 2.24) is 4.90 Å². The van der Waals surface area contributed by atoms with Gasteiger partial charge < -0.3 is 5.11 Å². The Hall–Kier alpha value is -2.72. The Kier molecular flexibility index (Phi) is 7.71. The number of halogens is 1. The Labute approximate surface area is 214 Å². The van der Waals surface area contributed by atoms with Crippen molar-refractivity contribution in [1.29, 1.82) is 0 Å². The number of likely N-dealkylation sites (tertiary alicyclic amines) is 1. The van der Waals surface area contributed by atoms with Crippen molar-refractivity contribution in [2.45, 2.75) is 58.3 Å². The van der Waals surface area contributed by atoms with Crippen molar-refractivity contribution >= 4 is 17.6 Å². The highest BCUT2D eigenvalue weighted by atomic mass is 19.1. The maximum absolute atomic E-state index is 12.4. The van der Waals surface area contributed by atoms with E-state index in [-0.39, 0.29) is 6.67 Å². The lowest BCUT2D eigenvalue weighted by molar-refractivity contribution is 0.0696.